The van der Waals surface area contributed by atoms with Crippen LogP contribution in [-0.2, 0) is 4.74 Å². The van der Waals surface area contributed by atoms with Crippen molar-refractivity contribution in [3.05, 3.63) is 64.1 Å². The summed E-state index contributed by atoms with van der Waals surface area (Å²) in [5.74, 6) is -0.128. The van der Waals surface area contributed by atoms with Gasteiger partial charge in [0.1, 0.15) is 0 Å². The van der Waals surface area contributed by atoms with E-state index in [2.05, 4.69) is 34.9 Å². The molecule has 2 atom stereocenters. The zero-order valence-electron chi connectivity index (χ0n) is 16.7. The van der Waals surface area contributed by atoms with Crippen molar-refractivity contribution in [2.45, 2.75) is 52.7 Å². The predicted molar refractivity (Wildman–Crippen MR) is 111 cm³/mol. The predicted octanol–water partition coefficient (Wildman–Crippen LogP) is 5.20. The number of nitrogens with zero attached hydrogens (tertiary/aromatic N) is 3. The minimum Gasteiger partial charge on any atom is -0.376 e. The number of rotatable bonds is 11. The molecular weight excluding hydrogens is 340 g/mol. The van der Waals surface area contributed by atoms with Crippen LogP contribution < -0.4 is 5.32 Å². The number of allylic oxidation sites excluding steroid dienone is 3. The first-order valence-electron chi connectivity index (χ1n) is 9.28. The number of ether oxygens (including phenoxy) is 1. The Kier molecular flexibility index (Phi) is 9.94. The smallest absolute Gasteiger partial charge is 0.251 e. The number of carbonyl (C=O) groups is 1. The zero-order valence-corrected chi connectivity index (χ0v) is 16.7. The van der Waals surface area contributed by atoms with Crippen molar-refractivity contribution < 1.29 is 9.53 Å². The van der Waals surface area contributed by atoms with Crippen molar-refractivity contribution in [1.82, 2.24) is 5.32 Å². The van der Waals surface area contributed by atoms with Gasteiger partial charge in [-0.1, -0.05) is 36.8 Å². The highest BCUT2D eigenvalue weighted by atomic mass is 16.5. The fourth-order valence-electron chi connectivity index (χ4n) is 2.54. The van der Waals surface area contributed by atoms with Crippen molar-refractivity contribution >= 4 is 11.5 Å². The van der Waals surface area contributed by atoms with Crippen LogP contribution in [0.25, 0.3) is 16.0 Å². The Morgan fingerprint density at radius 3 is 2.81 bits per heavy atom. The van der Waals surface area contributed by atoms with Crippen LogP contribution in [0.15, 0.2) is 42.0 Å². The lowest BCUT2D eigenvalue weighted by atomic mass is 9.98. The van der Waals surface area contributed by atoms with Gasteiger partial charge >= 0.3 is 0 Å². The van der Waals surface area contributed by atoms with E-state index in [4.69, 9.17) is 10.3 Å². The van der Waals surface area contributed by atoms with Gasteiger partial charge in [0.05, 0.1) is 12.7 Å². The van der Waals surface area contributed by atoms with Crippen LogP contribution in [0.1, 0.15) is 55.1 Å². The molecule has 0 aliphatic carbocycles. The molecule has 0 heterocycles. The van der Waals surface area contributed by atoms with Gasteiger partial charge < -0.3 is 10.1 Å². The number of hydrogen-bond donors (Lipinski definition) is 1. The molecule has 0 radical (unpaired) electrons. The summed E-state index contributed by atoms with van der Waals surface area (Å²) in [4.78, 5) is 15.2. The van der Waals surface area contributed by atoms with Gasteiger partial charge in [0.25, 0.3) is 5.91 Å². The lowest BCUT2D eigenvalue weighted by molar-refractivity contribution is 0.0470. The van der Waals surface area contributed by atoms with Crippen molar-refractivity contribution in [3.63, 3.8) is 0 Å². The van der Waals surface area contributed by atoms with Crippen molar-refractivity contribution in [3.8, 4) is 0 Å². The summed E-state index contributed by atoms with van der Waals surface area (Å²) >= 11 is 0. The van der Waals surface area contributed by atoms with E-state index >= 15 is 0 Å². The van der Waals surface area contributed by atoms with E-state index in [9.17, 15) is 4.79 Å². The third kappa shape index (κ3) is 8.11. The molecule has 0 saturated carbocycles. The van der Waals surface area contributed by atoms with Gasteiger partial charge in [-0.3, -0.25) is 4.79 Å². The van der Waals surface area contributed by atoms with Gasteiger partial charge in [-0.15, -0.1) is 0 Å². The topological polar surface area (TPSA) is 87.1 Å². The summed E-state index contributed by atoms with van der Waals surface area (Å²) < 4.78 is 5.68. The van der Waals surface area contributed by atoms with E-state index in [1.807, 2.05) is 45.0 Å². The van der Waals surface area contributed by atoms with Gasteiger partial charge in [0.15, 0.2) is 0 Å². The fourth-order valence-corrected chi connectivity index (χ4v) is 2.54. The highest BCUT2D eigenvalue weighted by Gasteiger charge is 2.13. The van der Waals surface area contributed by atoms with Gasteiger partial charge in [-0.2, -0.15) is 0 Å². The monoisotopic (exact) mass is 370 g/mol. The number of benzene rings is 1. The normalized spacial score (nSPS) is 13.0. The largest absolute Gasteiger partial charge is 0.376 e. The molecule has 0 spiro atoms. The van der Waals surface area contributed by atoms with Crippen LogP contribution in [0.5, 0.6) is 0 Å². The van der Waals surface area contributed by atoms with Crippen LogP contribution in [0.3, 0.4) is 0 Å². The Morgan fingerprint density at radius 2 is 2.19 bits per heavy atom. The van der Waals surface area contributed by atoms with Gasteiger partial charge in [0.2, 0.25) is 0 Å². The number of carbonyl (C=O) groups excluding carboxylic acids is 1. The van der Waals surface area contributed by atoms with Crippen LogP contribution in [0.2, 0.25) is 0 Å². The number of azide groups is 1. The zero-order chi connectivity index (χ0) is 20.2. The van der Waals surface area contributed by atoms with Crippen LogP contribution in [-0.4, -0.2) is 31.2 Å². The molecule has 0 fully saturated rings. The first-order chi connectivity index (χ1) is 12.9. The van der Waals surface area contributed by atoms with E-state index in [0.29, 0.717) is 25.1 Å². The second kappa shape index (κ2) is 11.9. The molecule has 1 N–H and O–H groups in total. The molecule has 0 aliphatic rings. The van der Waals surface area contributed by atoms with Crippen LogP contribution in [0.4, 0.5) is 0 Å². The summed E-state index contributed by atoms with van der Waals surface area (Å²) in [6, 6.07) is 5.51. The number of aryl methyl sites for hydroxylation is 1. The molecule has 6 nitrogen and oxygen atoms in total. The molecule has 2 unspecified atom stereocenters. The molecule has 27 heavy (non-hydrogen) atoms. The third-order valence-electron chi connectivity index (χ3n) is 4.10. The Hall–Kier alpha value is -2.56. The van der Waals surface area contributed by atoms with E-state index in [1.165, 1.54) is 0 Å². The van der Waals surface area contributed by atoms with Crippen LogP contribution in [0, 0.1) is 6.92 Å². The fraction of sp³-hybridized carbons (Fsp3) is 0.476. The second-order valence-corrected chi connectivity index (χ2v) is 6.63. The van der Waals surface area contributed by atoms with E-state index in [1.54, 1.807) is 0 Å². The highest BCUT2D eigenvalue weighted by molar-refractivity contribution is 5.95. The van der Waals surface area contributed by atoms with E-state index in [-0.39, 0.29) is 18.1 Å². The summed E-state index contributed by atoms with van der Waals surface area (Å²) in [5, 5.41) is 6.44. The lowest BCUT2D eigenvalue weighted by Gasteiger charge is -2.18. The maximum absolute atomic E-state index is 12.5. The Bertz CT molecular complexity index is 721. The molecule has 6 heteroatoms. The van der Waals surface area contributed by atoms with Crippen molar-refractivity contribution in [2.75, 3.05) is 13.2 Å². The average molecular weight is 370 g/mol. The molecule has 0 saturated heterocycles. The standard InChI is InChI=1S/C21H30N4O2/c1-6-7-8-15(2)20-10-9-19(13-16(20)3)21(26)24-17(4)14-27-18(5)11-12-23-25-22/h7-10,13,17-18H,2,6,11-12,14H2,1,3-5H3,(H,24,26)/b8-7-. The Labute approximate surface area is 161 Å². The number of nitrogens with one attached hydrogen (secondary N) is 1. The average Bonchev–Trinajstić information content (AvgIpc) is 2.64. The van der Waals surface area contributed by atoms with E-state index < -0.39 is 0 Å². The van der Waals surface area contributed by atoms with Crippen molar-refractivity contribution in [2.24, 2.45) is 5.11 Å². The molecule has 1 rings (SSSR count). The number of hydrogen-bond acceptors (Lipinski definition) is 3. The maximum Gasteiger partial charge on any atom is 0.251 e. The summed E-state index contributed by atoms with van der Waals surface area (Å²) in [6.07, 6.45) is 5.66. The van der Waals surface area contributed by atoms with Crippen LogP contribution >= 0.6 is 0 Å². The third-order valence-corrected chi connectivity index (χ3v) is 4.10. The molecular formula is C21H30N4O2. The first kappa shape index (κ1) is 22.5. The molecule has 146 valence electrons. The SMILES string of the molecule is C=C(/C=C\CC)c1ccc(C(=O)NC(C)COC(C)CCN=[N+]=[N-])cc1C. The quantitative estimate of drug-likeness (QED) is 0.251. The minimum atomic E-state index is -0.128. The molecule has 0 bridgehead atoms. The maximum atomic E-state index is 12.5. The molecule has 1 amide bonds. The molecule has 1 aromatic carbocycles. The van der Waals surface area contributed by atoms with E-state index in [0.717, 1.165) is 23.1 Å². The molecule has 0 aromatic heterocycles. The summed E-state index contributed by atoms with van der Waals surface area (Å²) in [7, 11) is 0. The minimum absolute atomic E-state index is 0.0291. The lowest BCUT2D eigenvalue weighted by Crippen LogP contribution is -2.36. The Morgan fingerprint density at radius 1 is 1.44 bits per heavy atom. The second-order valence-electron chi connectivity index (χ2n) is 6.63. The van der Waals surface area contributed by atoms with Crippen molar-refractivity contribution in [1.29, 1.82) is 0 Å². The Balaban J connectivity index is 2.58. The first-order valence-corrected chi connectivity index (χ1v) is 9.28. The highest BCUT2D eigenvalue weighted by Crippen LogP contribution is 2.20. The van der Waals surface area contributed by atoms with Gasteiger partial charge in [0, 0.05) is 23.1 Å². The molecule has 0 aliphatic heterocycles. The van der Waals surface area contributed by atoms with Gasteiger partial charge in [-0.05, 0) is 68.0 Å². The summed E-state index contributed by atoms with van der Waals surface area (Å²) in [5.41, 5.74) is 11.9. The number of amides is 1. The van der Waals surface area contributed by atoms with Gasteiger partial charge in [-0.25, -0.2) is 0 Å². The summed E-state index contributed by atoms with van der Waals surface area (Å²) in [6.45, 7) is 12.8. The molecule has 1 aromatic rings.